The van der Waals surface area contributed by atoms with Gasteiger partial charge in [0.05, 0.1) is 6.10 Å². The zero-order valence-corrected chi connectivity index (χ0v) is 10.7. The molecule has 106 valence electrons. The second-order valence-corrected chi connectivity index (χ2v) is 4.51. The normalized spacial score (nSPS) is 14.1. The minimum Gasteiger partial charge on any atom is -0.481 e. The summed E-state index contributed by atoms with van der Waals surface area (Å²) in [6, 6.07) is 7.04. The van der Waals surface area contributed by atoms with E-state index in [1.807, 2.05) is 12.1 Å². The molecule has 1 rings (SSSR count). The van der Waals surface area contributed by atoms with E-state index >= 15 is 0 Å². The SMILES string of the molecule is O=C(O)CCCc1ccc(C(O)C(O)CCO)cc1. The highest BCUT2D eigenvalue weighted by Gasteiger charge is 2.17. The van der Waals surface area contributed by atoms with Gasteiger partial charge in [0.25, 0.3) is 0 Å². The monoisotopic (exact) mass is 268 g/mol. The van der Waals surface area contributed by atoms with E-state index in [0.29, 0.717) is 18.4 Å². The Bertz CT molecular complexity index is 387. The summed E-state index contributed by atoms with van der Waals surface area (Å²) >= 11 is 0. The summed E-state index contributed by atoms with van der Waals surface area (Å²) in [6.07, 6.45) is -0.490. The fraction of sp³-hybridized carbons (Fsp3) is 0.500. The van der Waals surface area contributed by atoms with Gasteiger partial charge < -0.3 is 20.4 Å². The molecule has 2 atom stereocenters. The van der Waals surface area contributed by atoms with E-state index in [2.05, 4.69) is 0 Å². The predicted octanol–water partition coefficient (Wildman–Crippen LogP) is 0.871. The maximum Gasteiger partial charge on any atom is 0.303 e. The van der Waals surface area contributed by atoms with Crippen molar-refractivity contribution in [3.8, 4) is 0 Å². The van der Waals surface area contributed by atoms with Crippen LogP contribution in [0.5, 0.6) is 0 Å². The molecule has 19 heavy (non-hydrogen) atoms. The van der Waals surface area contributed by atoms with Crippen molar-refractivity contribution in [2.45, 2.75) is 37.9 Å². The Hall–Kier alpha value is -1.43. The molecule has 0 aromatic heterocycles. The predicted molar refractivity (Wildman–Crippen MR) is 69.7 cm³/mol. The van der Waals surface area contributed by atoms with Crippen molar-refractivity contribution in [1.82, 2.24) is 0 Å². The van der Waals surface area contributed by atoms with E-state index in [4.69, 9.17) is 10.2 Å². The van der Waals surface area contributed by atoms with Crippen molar-refractivity contribution in [3.63, 3.8) is 0 Å². The van der Waals surface area contributed by atoms with Gasteiger partial charge in [-0.05, 0) is 30.4 Å². The lowest BCUT2D eigenvalue weighted by molar-refractivity contribution is -0.137. The molecule has 5 nitrogen and oxygen atoms in total. The standard InChI is InChI=1S/C14H20O5/c15-9-8-12(16)14(19)11-6-4-10(5-7-11)2-1-3-13(17)18/h4-7,12,14-16,19H,1-3,8-9H2,(H,17,18). The average Bonchev–Trinajstić information content (AvgIpc) is 2.38. The largest absolute Gasteiger partial charge is 0.481 e. The van der Waals surface area contributed by atoms with Crippen LogP contribution in [0.15, 0.2) is 24.3 Å². The maximum atomic E-state index is 10.4. The molecular formula is C14H20O5. The third-order valence-electron chi connectivity index (χ3n) is 2.97. The van der Waals surface area contributed by atoms with Crippen molar-refractivity contribution >= 4 is 5.97 Å². The van der Waals surface area contributed by atoms with Crippen LogP contribution in [0.1, 0.15) is 36.5 Å². The van der Waals surface area contributed by atoms with Crippen molar-refractivity contribution in [3.05, 3.63) is 35.4 Å². The van der Waals surface area contributed by atoms with Crippen LogP contribution >= 0.6 is 0 Å². The van der Waals surface area contributed by atoms with Crippen LogP contribution in [-0.2, 0) is 11.2 Å². The van der Waals surface area contributed by atoms with Gasteiger partial charge in [0.15, 0.2) is 0 Å². The zero-order valence-electron chi connectivity index (χ0n) is 10.7. The molecule has 0 aliphatic rings. The van der Waals surface area contributed by atoms with Crippen LogP contribution in [0.3, 0.4) is 0 Å². The van der Waals surface area contributed by atoms with Gasteiger partial charge in [-0.15, -0.1) is 0 Å². The highest BCUT2D eigenvalue weighted by molar-refractivity contribution is 5.66. The molecule has 1 aromatic rings. The van der Waals surface area contributed by atoms with Crippen LogP contribution < -0.4 is 0 Å². The smallest absolute Gasteiger partial charge is 0.303 e. The lowest BCUT2D eigenvalue weighted by Crippen LogP contribution is -2.19. The van der Waals surface area contributed by atoms with E-state index in [-0.39, 0.29) is 19.4 Å². The van der Waals surface area contributed by atoms with E-state index in [9.17, 15) is 15.0 Å². The topological polar surface area (TPSA) is 98.0 Å². The van der Waals surface area contributed by atoms with Gasteiger partial charge in [-0.3, -0.25) is 4.79 Å². The van der Waals surface area contributed by atoms with E-state index in [1.54, 1.807) is 12.1 Å². The van der Waals surface area contributed by atoms with Crippen LogP contribution in [-0.4, -0.2) is 39.1 Å². The number of hydrogen-bond donors (Lipinski definition) is 4. The number of carboxylic acid groups (broad SMARTS) is 1. The summed E-state index contributed by atoms with van der Waals surface area (Å²) < 4.78 is 0. The molecule has 0 amide bonds. The average molecular weight is 268 g/mol. The minimum absolute atomic E-state index is 0.127. The van der Waals surface area contributed by atoms with E-state index in [1.165, 1.54) is 0 Å². The number of hydrogen-bond acceptors (Lipinski definition) is 4. The van der Waals surface area contributed by atoms with Gasteiger partial charge in [-0.25, -0.2) is 0 Å². The molecule has 0 saturated heterocycles. The molecular weight excluding hydrogens is 248 g/mol. The summed E-state index contributed by atoms with van der Waals surface area (Å²) in [7, 11) is 0. The molecule has 0 saturated carbocycles. The summed E-state index contributed by atoms with van der Waals surface area (Å²) in [5.41, 5.74) is 1.58. The third kappa shape index (κ3) is 5.38. The Morgan fingerprint density at radius 3 is 2.32 bits per heavy atom. The van der Waals surface area contributed by atoms with E-state index in [0.717, 1.165) is 5.56 Å². The molecule has 5 heteroatoms. The number of aryl methyl sites for hydroxylation is 1. The first-order valence-electron chi connectivity index (χ1n) is 6.32. The first-order chi connectivity index (χ1) is 9.04. The van der Waals surface area contributed by atoms with Crippen LogP contribution in [0, 0.1) is 0 Å². The summed E-state index contributed by atoms with van der Waals surface area (Å²) in [5, 5.41) is 36.6. The highest BCUT2D eigenvalue weighted by atomic mass is 16.4. The Morgan fingerprint density at radius 2 is 1.79 bits per heavy atom. The maximum absolute atomic E-state index is 10.4. The van der Waals surface area contributed by atoms with Gasteiger partial charge in [-0.1, -0.05) is 24.3 Å². The van der Waals surface area contributed by atoms with Gasteiger partial charge >= 0.3 is 5.97 Å². The molecule has 0 bridgehead atoms. The highest BCUT2D eigenvalue weighted by Crippen LogP contribution is 2.19. The van der Waals surface area contributed by atoms with Crippen molar-refractivity contribution in [1.29, 1.82) is 0 Å². The first-order valence-corrected chi connectivity index (χ1v) is 6.32. The molecule has 0 radical (unpaired) electrons. The number of aliphatic hydroxyl groups is 3. The summed E-state index contributed by atoms with van der Waals surface area (Å²) in [5.74, 6) is -0.806. The molecule has 0 aliphatic carbocycles. The van der Waals surface area contributed by atoms with Gasteiger partial charge in [-0.2, -0.15) is 0 Å². The Labute approximate surface area is 112 Å². The van der Waals surface area contributed by atoms with Crippen LogP contribution in [0.2, 0.25) is 0 Å². The number of aliphatic carboxylic acids is 1. The third-order valence-corrected chi connectivity index (χ3v) is 2.97. The Balaban J connectivity index is 2.53. The molecule has 0 fully saturated rings. The number of carbonyl (C=O) groups is 1. The fourth-order valence-electron chi connectivity index (χ4n) is 1.84. The summed E-state index contributed by atoms with van der Waals surface area (Å²) in [4.78, 5) is 10.4. The van der Waals surface area contributed by atoms with E-state index < -0.39 is 18.2 Å². The van der Waals surface area contributed by atoms with Crippen molar-refractivity contribution in [2.24, 2.45) is 0 Å². The molecule has 0 aliphatic heterocycles. The number of aliphatic hydroxyl groups excluding tert-OH is 3. The molecule has 1 aromatic carbocycles. The number of carboxylic acids is 1. The van der Waals surface area contributed by atoms with Crippen molar-refractivity contribution in [2.75, 3.05) is 6.61 Å². The second-order valence-electron chi connectivity index (χ2n) is 4.51. The lowest BCUT2D eigenvalue weighted by atomic mass is 9.99. The quantitative estimate of drug-likeness (QED) is 0.561. The molecule has 2 unspecified atom stereocenters. The number of rotatable bonds is 8. The van der Waals surface area contributed by atoms with Crippen molar-refractivity contribution < 1.29 is 25.2 Å². The molecule has 0 heterocycles. The first kappa shape index (κ1) is 15.6. The molecule has 4 N–H and O–H groups in total. The Kier molecular flexibility index (Phi) is 6.49. The number of benzene rings is 1. The van der Waals surface area contributed by atoms with Crippen LogP contribution in [0.4, 0.5) is 0 Å². The van der Waals surface area contributed by atoms with Crippen LogP contribution in [0.25, 0.3) is 0 Å². The Morgan fingerprint density at radius 1 is 1.16 bits per heavy atom. The zero-order chi connectivity index (χ0) is 14.3. The van der Waals surface area contributed by atoms with Gasteiger partial charge in [0.2, 0.25) is 0 Å². The minimum atomic E-state index is -1.01. The fourth-order valence-corrected chi connectivity index (χ4v) is 1.84. The van der Waals surface area contributed by atoms with Gasteiger partial charge in [0.1, 0.15) is 6.10 Å². The van der Waals surface area contributed by atoms with Gasteiger partial charge in [0, 0.05) is 13.0 Å². The summed E-state index contributed by atoms with van der Waals surface area (Å²) in [6.45, 7) is -0.175. The lowest BCUT2D eigenvalue weighted by Gasteiger charge is -2.17. The molecule has 0 spiro atoms. The second kappa shape index (κ2) is 7.89.